The molecule has 4 rings (SSSR count). The summed E-state index contributed by atoms with van der Waals surface area (Å²) in [5.41, 5.74) is 5.56. The van der Waals surface area contributed by atoms with E-state index in [9.17, 15) is 4.79 Å². The molecule has 33 heavy (non-hydrogen) atoms. The Hall–Kier alpha value is -2.47. The third-order valence-electron chi connectivity index (χ3n) is 6.76. The second-order valence-electron chi connectivity index (χ2n) is 9.22. The third-order valence-corrected chi connectivity index (χ3v) is 7.83. The Labute approximate surface area is 200 Å². The molecule has 1 fully saturated rings. The molecule has 5 heteroatoms. The minimum atomic E-state index is -1.24. The van der Waals surface area contributed by atoms with E-state index in [1.807, 2.05) is 25.1 Å². The lowest BCUT2D eigenvalue weighted by molar-refractivity contribution is -0.0488. The van der Waals surface area contributed by atoms with Gasteiger partial charge in [-0.3, -0.25) is 4.79 Å². The molecule has 0 aliphatic heterocycles. The van der Waals surface area contributed by atoms with Gasteiger partial charge in [0.15, 0.2) is 6.29 Å². The highest BCUT2D eigenvalue weighted by atomic mass is 32.1. The molecule has 3 N–H and O–H groups in total. The summed E-state index contributed by atoms with van der Waals surface area (Å²) in [5, 5.41) is 21.5. The number of aliphatic hydroxyl groups is 2. The molecule has 3 aromatic rings. The quantitative estimate of drug-likeness (QED) is 0.380. The standard InChI is InChI=1S/C28H33NO3S/c1-18-25(17-21-8-12-23(13-9-21)22-6-4-3-5-7-22)27(19(2)33-18)28(32)29-24-14-10-20(16-24)11-15-26(30)31/h3-9,12-13,20,24,26,30-31H,10-11,14-17H2,1-2H3,(H,29,32)/t20?,24-/m0/s1. The van der Waals surface area contributed by atoms with Crippen LogP contribution in [0.4, 0.5) is 0 Å². The minimum Gasteiger partial charge on any atom is -0.368 e. The van der Waals surface area contributed by atoms with Gasteiger partial charge in [0.1, 0.15) is 0 Å². The van der Waals surface area contributed by atoms with Gasteiger partial charge in [0.2, 0.25) is 0 Å². The Morgan fingerprint density at radius 1 is 1.00 bits per heavy atom. The molecule has 0 spiro atoms. The van der Waals surface area contributed by atoms with Crippen molar-refractivity contribution < 1.29 is 15.0 Å². The second-order valence-corrected chi connectivity index (χ2v) is 10.6. The smallest absolute Gasteiger partial charge is 0.252 e. The summed E-state index contributed by atoms with van der Waals surface area (Å²) in [4.78, 5) is 15.5. The van der Waals surface area contributed by atoms with Crippen molar-refractivity contribution in [2.75, 3.05) is 0 Å². The molecular weight excluding hydrogens is 430 g/mol. The summed E-state index contributed by atoms with van der Waals surface area (Å²) in [6, 6.07) is 19.1. The molecule has 1 heterocycles. The highest BCUT2D eigenvalue weighted by Crippen LogP contribution is 2.33. The van der Waals surface area contributed by atoms with Gasteiger partial charge in [-0.15, -0.1) is 11.3 Å². The van der Waals surface area contributed by atoms with E-state index in [2.05, 4.69) is 48.6 Å². The van der Waals surface area contributed by atoms with Crippen LogP contribution < -0.4 is 5.32 Å². The number of hydrogen-bond donors (Lipinski definition) is 3. The van der Waals surface area contributed by atoms with E-state index in [-0.39, 0.29) is 11.9 Å². The van der Waals surface area contributed by atoms with Gasteiger partial charge < -0.3 is 15.5 Å². The largest absolute Gasteiger partial charge is 0.368 e. The predicted octanol–water partition coefficient (Wildman–Crippen LogP) is 5.61. The van der Waals surface area contributed by atoms with Crippen molar-refractivity contribution >= 4 is 17.2 Å². The summed E-state index contributed by atoms with van der Waals surface area (Å²) in [6.07, 6.45) is 3.61. The number of benzene rings is 2. The Balaban J connectivity index is 1.44. The summed E-state index contributed by atoms with van der Waals surface area (Å²) in [5.74, 6) is 0.477. The molecular formula is C28H33NO3S. The Bertz CT molecular complexity index is 1070. The van der Waals surface area contributed by atoms with E-state index in [4.69, 9.17) is 10.2 Å². The monoisotopic (exact) mass is 463 g/mol. The van der Waals surface area contributed by atoms with Gasteiger partial charge in [0.25, 0.3) is 5.91 Å². The van der Waals surface area contributed by atoms with Crippen LogP contribution >= 0.6 is 11.3 Å². The van der Waals surface area contributed by atoms with Gasteiger partial charge in [-0.1, -0.05) is 54.6 Å². The molecule has 1 unspecified atom stereocenters. The van der Waals surface area contributed by atoms with Crippen LogP contribution in [0.15, 0.2) is 54.6 Å². The van der Waals surface area contributed by atoms with Gasteiger partial charge in [-0.2, -0.15) is 0 Å². The lowest BCUT2D eigenvalue weighted by Gasteiger charge is -2.15. The van der Waals surface area contributed by atoms with Crippen molar-refractivity contribution in [3.63, 3.8) is 0 Å². The fourth-order valence-corrected chi connectivity index (χ4v) is 6.08. The number of rotatable bonds is 8. The second kappa shape index (κ2) is 10.6. The van der Waals surface area contributed by atoms with Crippen molar-refractivity contribution in [3.05, 3.63) is 81.0 Å². The van der Waals surface area contributed by atoms with Crippen molar-refractivity contribution in [1.82, 2.24) is 5.32 Å². The molecule has 2 aromatic carbocycles. The lowest BCUT2D eigenvalue weighted by atomic mass is 9.97. The number of thiophene rings is 1. The summed E-state index contributed by atoms with van der Waals surface area (Å²) < 4.78 is 0. The molecule has 1 aliphatic carbocycles. The molecule has 174 valence electrons. The third kappa shape index (κ3) is 5.91. The molecule has 1 amide bonds. The summed E-state index contributed by atoms with van der Waals surface area (Å²) >= 11 is 1.70. The number of hydrogen-bond acceptors (Lipinski definition) is 4. The topological polar surface area (TPSA) is 69.6 Å². The first-order valence-corrected chi connectivity index (χ1v) is 12.6. The van der Waals surface area contributed by atoms with E-state index in [1.165, 1.54) is 21.6 Å². The number of aliphatic hydroxyl groups excluding tert-OH is 1. The molecule has 1 aromatic heterocycles. The van der Waals surface area contributed by atoms with Crippen LogP contribution in [0.5, 0.6) is 0 Å². The predicted molar refractivity (Wildman–Crippen MR) is 135 cm³/mol. The van der Waals surface area contributed by atoms with Crippen LogP contribution in [-0.2, 0) is 6.42 Å². The van der Waals surface area contributed by atoms with Crippen LogP contribution in [0, 0.1) is 19.8 Å². The first-order chi connectivity index (χ1) is 15.9. The highest BCUT2D eigenvalue weighted by molar-refractivity contribution is 7.12. The first-order valence-electron chi connectivity index (χ1n) is 11.8. The van der Waals surface area contributed by atoms with Crippen LogP contribution in [-0.4, -0.2) is 28.5 Å². The Kier molecular flexibility index (Phi) is 7.63. The fraction of sp³-hybridized carbons (Fsp3) is 0.393. The van der Waals surface area contributed by atoms with Gasteiger partial charge >= 0.3 is 0 Å². The number of carbonyl (C=O) groups is 1. The zero-order valence-corrected chi connectivity index (χ0v) is 20.2. The van der Waals surface area contributed by atoms with Crippen LogP contribution in [0.2, 0.25) is 0 Å². The van der Waals surface area contributed by atoms with E-state index >= 15 is 0 Å². The maximum atomic E-state index is 13.3. The summed E-state index contributed by atoms with van der Waals surface area (Å²) in [7, 11) is 0. The Morgan fingerprint density at radius 2 is 1.70 bits per heavy atom. The van der Waals surface area contributed by atoms with Crippen molar-refractivity contribution in [2.45, 2.75) is 64.7 Å². The van der Waals surface area contributed by atoms with Crippen molar-refractivity contribution in [1.29, 1.82) is 0 Å². The van der Waals surface area contributed by atoms with E-state index in [0.29, 0.717) is 12.3 Å². The van der Waals surface area contributed by atoms with Gasteiger partial charge in [0, 0.05) is 15.8 Å². The molecule has 0 saturated heterocycles. The molecule has 0 radical (unpaired) electrons. The van der Waals surface area contributed by atoms with E-state index in [0.717, 1.165) is 48.1 Å². The summed E-state index contributed by atoms with van der Waals surface area (Å²) in [6.45, 7) is 4.14. The van der Waals surface area contributed by atoms with E-state index < -0.39 is 6.29 Å². The minimum absolute atomic E-state index is 0.0283. The maximum Gasteiger partial charge on any atom is 0.252 e. The SMILES string of the molecule is Cc1sc(C)c(C(=O)N[C@H]2CCC(CCC(O)O)C2)c1Cc1ccc(-c2ccccc2)cc1. The molecule has 2 atom stereocenters. The van der Waals surface area contributed by atoms with Crippen molar-refractivity contribution in [2.24, 2.45) is 5.92 Å². The number of amides is 1. The van der Waals surface area contributed by atoms with E-state index in [1.54, 1.807) is 11.3 Å². The average molecular weight is 464 g/mol. The van der Waals surface area contributed by atoms with Gasteiger partial charge in [-0.25, -0.2) is 0 Å². The molecule has 0 bridgehead atoms. The zero-order valence-electron chi connectivity index (χ0n) is 19.4. The van der Waals surface area contributed by atoms with Gasteiger partial charge in [0.05, 0.1) is 5.56 Å². The number of nitrogens with one attached hydrogen (secondary N) is 1. The maximum absolute atomic E-state index is 13.3. The number of carbonyl (C=O) groups excluding carboxylic acids is 1. The first kappa shape index (κ1) is 23.7. The van der Waals surface area contributed by atoms with Crippen molar-refractivity contribution in [3.8, 4) is 11.1 Å². The van der Waals surface area contributed by atoms with Crippen LogP contribution in [0.3, 0.4) is 0 Å². The molecule has 1 aliphatic rings. The normalized spacial score (nSPS) is 18.1. The van der Waals surface area contributed by atoms with Crippen LogP contribution in [0.1, 0.15) is 63.3 Å². The lowest BCUT2D eigenvalue weighted by Crippen LogP contribution is -2.33. The Morgan fingerprint density at radius 3 is 2.39 bits per heavy atom. The number of aryl methyl sites for hydroxylation is 2. The average Bonchev–Trinajstić information content (AvgIpc) is 3.36. The fourth-order valence-electron chi connectivity index (χ4n) is 5.00. The zero-order chi connectivity index (χ0) is 23.4. The van der Waals surface area contributed by atoms with Crippen LogP contribution in [0.25, 0.3) is 11.1 Å². The molecule has 1 saturated carbocycles. The highest BCUT2D eigenvalue weighted by Gasteiger charge is 2.28. The molecule has 4 nitrogen and oxygen atoms in total. The van der Waals surface area contributed by atoms with Gasteiger partial charge in [-0.05, 0) is 80.5 Å².